The smallest absolute Gasteiger partial charge is 0.309 e. The van der Waals surface area contributed by atoms with Crippen LogP contribution in [-0.2, 0) is 15.1 Å². The minimum atomic E-state index is -0.920. The molecule has 2 aliphatic carbocycles. The van der Waals surface area contributed by atoms with Gasteiger partial charge in [-0.15, -0.1) is 0 Å². The van der Waals surface area contributed by atoms with E-state index in [2.05, 4.69) is 6.08 Å². The number of ether oxygens (including phenoxy) is 1. The normalized spacial score (nSPS) is 32.0. The van der Waals surface area contributed by atoms with E-state index in [1.807, 2.05) is 30.3 Å². The molecule has 0 radical (unpaired) electrons. The second kappa shape index (κ2) is 5.64. The minimum absolute atomic E-state index is 0.106. The van der Waals surface area contributed by atoms with Crippen LogP contribution in [0, 0.1) is 11.8 Å². The van der Waals surface area contributed by atoms with Crippen molar-refractivity contribution in [2.45, 2.75) is 37.7 Å². The molecule has 0 amide bonds. The fourth-order valence-electron chi connectivity index (χ4n) is 4.00. The predicted molar refractivity (Wildman–Crippen MR) is 80.5 cm³/mol. The van der Waals surface area contributed by atoms with E-state index in [4.69, 9.17) is 4.74 Å². The van der Waals surface area contributed by atoms with Gasteiger partial charge in [0.25, 0.3) is 0 Å². The first-order valence-electron chi connectivity index (χ1n) is 7.73. The van der Waals surface area contributed by atoms with Gasteiger partial charge in [-0.2, -0.15) is 0 Å². The SMILES string of the molecule is COC(=O)[C@@H]1CCC=C2[C@@H]1CCC[C@]2(O)c1ccccc1. The number of carbonyl (C=O) groups is 1. The Kier molecular flexibility index (Phi) is 3.85. The number of hydrogen-bond donors (Lipinski definition) is 1. The number of esters is 1. The lowest BCUT2D eigenvalue weighted by molar-refractivity contribution is -0.148. The second-order valence-electron chi connectivity index (χ2n) is 6.09. The maximum Gasteiger partial charge on any atom is 0.309 e. The van der Waals surface area contributed by atoms with Crippen LogP contribution in [0.5, 0.6) is 0 Å². The maximum absolute atomic E-state index is 12.0. The number of aliphatic hydroxyl groups is 1. The molecule has 0 bridgehead atoms. The number of hydrogen-bond acceptors (Lipinski definition) is 3. The molecule has 1 aromatic carbocycles. The average molecular weight is 286 g/mol. The lowest BCUT2D eigenvalue weighted by Crippen LogP contribution is -2.42. The molecule has 3 atom stereocenters. The molecule has 1 aromatic rings. The third-order valence-electron chi connectivity index (χ3n) is 5.01. The Morgan fingerprint density at radius 3 is 2.76 bits per heavy atom. The van der Waals surface area contributed by atoms with Gasteiger partial charge in [0.05, 0.1) is 13.0 Å². The van der Waals surface area contributed by atoms with Crippen molar-refractivity contribution >= 4 is 5.97 Å². The molecular formula is C18H22O3. The van der Waals surface area contributed by atoms with Crippen LogP contribution in [0.15, 0.2) is 42.0 Å². The highest BCUT2D eigenvalue weighted by Gasteiger charge is 2.46. The van der Waals surface area contributed by atoms with Crippen LogP contribution in [0.25, 0.3) is 0 Å². The average Bonchev–Trinajstić information content (AvgIpc) is 2.55. The molecule has 1 saturated carbocycles. The lowest BCUT2D eigenvalue weighted by atomic mass is 9.63. The summed E-state index contributed by atoms with van der Waals surface area (Å²) in [4.78, 5) is 12.0. The molecule has 0 spiro atoms. The van der Waals surface area contributed by atoms with E-state index in [-0.39, 0.29) is 17.8 Å². The van der Waals surface area contributed by atoms with Crippen molar-refractivity contribution in [3.05, 3.63) is 47.5 Å². The molecule has 2 aliphatic rings. The highest BCUT2D eigenvalue weighted by atomic mass is 16.5. The van der Waals surface area contributed by atoms with E-state index < -0.39 is 5.60 Å². The minimum Gasteiger partial charge on any atom is -0.469 e. The summed E-state index contributed by atoms with van der Waals surface area (Å²) >= 11 is 0. The van der Waals surface area contributed by atoms with Gasteiger partial charge < -0.3 is 9.84 Å². The summed E-state index contributed by atoms with van der Waals surface area (Å²) in [5, 5.41) is 11.3. The van der Waals surface area contributed by atoms with E-state index in [0.29, 0.717) is 0 Å². The summed E-state index contributed by atoms with van der Waals surface area (Å²) in [7, 11) is 1.45. The quantitative estimate of drug-likeness (QED) is 0.671. The fourth-order valence-corrected chi connectivity index (χ4v) is 4.00. The van der Waals surface area contributed by atoms with Crippen LogP contribution in [0.4, 0.5) is 0 Å². The van der Waals surface area contributed by atoms with Crippen LogP contribution < -0.4 is 0 Å². The molecule has 1 N–H and O–H groups in total. The number of rotatable bonds is 2. The molecule has 0 saturated heterocycles. The molecule has 3 rings (SSSR count). The zero-order valence-corrected chi connectivity index (χ0v) is 12.4. The van der Waals surface area contributed by atoms with E-state index in [1.54, 1.807) is 0 Å². The predicted octanol–water partition coefficient (Wildman–Crippen LogP) is 3.18. The van der Waals surface area contributed by atoms with Crippen molar-refractivity contribution < 1.29 is 14.6 Å². The van der Waals surface area contributed by atoms with Crippen molar-refractivity contribution in [1.29, 1.82) is 0 Å². The van der Waals surface area contributed by atoms with Crippen molar-refractivity contribution in [3.63, 3.8) is 0 Å². The van der Waals surface area contributed by atoms with Gasteiger partial charge in [-0.05, 0) is 49.2 Å². The van der Waals surface area contributed by atoms with Gasteiger partial charge in [-0.3, -0.25) is 4.79 Å². The van der Waals surface area contributed by atoms with Crippen LogP contribution in [-0.4, -0.2) is 18.2 Å². The summed E-state index contributed by atoms with van der Waals surface area (Å²) in [6, 6.07) is 9.83. The molecule has 0 aromatic heterocycles. The standard InChI is InChI=1S/C18H22O3/c1-21-17(19)15-9-5-11-16-14(15)10-6-12-18(16,20)13-7-3-2-4-8-13/h2-4,7-8,11,14-15,20H,5-6,9-10,12H2,1H3/t14-,15-,18+/m1/s1. The maximum atomic E-state index is 12.0. The molecule has 21 heavy (non-hydrogen) atoms. The third-order valence-corrected chi connectivity index (χ3v) is 5.01. The number of methoxy groups -OCH3 is 1. The molecule has 0 aliphatic heterocycles. The lowest BCUT2D eigenvalue weighted by Gasteiger charge is -2.44. The van der Waals surface area contributed by atoms with Gasteiger partial charge in [0.2, 0.25) is 0 Å². The van der Waals surface area contributed by atoms with Crippen LogP contribution in [0.2, 0.25) is 0 Å². The first-order valence-corrected chi connectivity index (χ1v) is 7.73. The zero-order valence-electron chi connectivity index (χ0n) is 12.4. The molecular weight excluding hydrogens is 264 g/mol. The summed E-state index contributed by atoms with van der Waals surface area (Å²) in [5.74, 6) is -0.126. The summed E-state index contributed by atoms with van der Waals surface area (Å²) in [6.07, 6.45) is 6.43. The van der Waals surface area contributed by atoms with Gasteiger partial charge in [0.1, 0.15) is 5.60 Å². The van der Waals surface area contributed by atoms with Crippen LogP contribution in [0.1, 0.15) is 37.7 Å². The van der Waals surface area contributed by atoms with E-state index in [0.717, 1.165) is 43.2 Å². The number of benzene rings is 1. The second-order valence-corrected chi connectivity index (χ2v) is 6.09. The first kappa shape index (κ1) is 14.3. The van der Waals surface area contributed by atoms with Gasteiger partial charge in [0, 0.05) is 0 Å². The van der Waals surface area contributed by atoms with Crippen molar-refractivity contribution in [2.24, 2.45) is 11.8 Å². The van der Waals surface area contributed by atoms with Gasteiger partial charge in [-0.1, -0.05) is 36.4 Å². The zero-order chi connectivity index (χ0) is 14.9. The topological polar surface area (TPSA) is 46.5 Å². The summed E-state index contributed by atoms with van der Waals surface area (Å²) < 4.78 is 4.96. The molecule has 0 heterocycles. The van der Waals surface area contributed by atoms with E-state index in [1.165, 1.54) is 7.11 Å². The Morgan fingerprint density at radius 1 is 1.29 bits per heavy atom. The largest absolute Gasteiger partial charge is 0.469 e. The Balaban J connectivity index is 1.98. The molecule has 3 nitrogen and oxygen atoms in total. The monoisotopic (exact) mass is 286 g/mol. The number of allylic oxidation sites excluding steroid dienone is 1. The summed E-state index contributed by atoms with van der Waals surface area (Å²) in [6.45, 7) is 0. The Hall–Kier alpha value is -1.61. The van der Waals surface area contributed by atoms with Gasteiger partial charge >= 0.3 is 5.97 Å². The highest BCUT2D eigenvalue weighted by molar-refractivity contribution is 5.73. The van der Waals surface area contributed by atoms with Crippen molar-refractivity contribution in [3.8, 4) is 0 Å². The van der Waals surface area contributed by atoms with E-state index in [9.17, 15) is 9.90 Å². The third kappa shape index (κ3) is 2.40. The van der Waals surface area contributed by atoms with E-state index >= 15 is 0 Å². The van der Waals surface area contributed by atoms with Gasteiger partial charge in [-0.25, -0.2) is 0 Å². The Bertz CT molecular complexity index is 549. The Labute approximate surface area is 125 Å². The molecule has 0 unspecified atom stereocenters. The van der Waals surface area contributed by atoms with Crippen molar-refractivity contribution in [1.82, 2.24) is 0 Å². The van der Waals surface area contributed by atoms with Crippen LogP contribution in [0.3, 0.4) is 0 Å². The van der Waals surface area contributed by atoms with Gasteiger partial charge in [0.15, 0.2) is 0 Å². The number of carbonyl (C=O) groups excluding carboxylic acids is 1. The highest BCUT2D eigenvalue weighted by Crippen LogP contribution is 2.50. The van der Waals surface area contributed by atoms with Crippen molar-refractivity contribution in [2.75, 3.05) is 7.11 Å². The Morgan fingerprint density at radius 2 is 2.05 bits per heavy atom. The molecule has 112 valence electrons. The van der Waals surface area contributed by atoms with Crippen LogP contribution >= 0.6 is 0 Å². The number of fused-ring (bicyclic) bond motifs is 1. The fraction of sp³-hybridized carbons (Fsp3) is 0.500. The first-order chi connectivity index (χ1) is 10.2. The molecule has 1 fully saturated rings. The summed E-state index contributed by atoms with van der Waals surface area (Å²) in [5.41, 5.74) is 1.05. The molecule has 3 heteroatoms.